The number of hydrogen-bond acceptors (Lipinski definition) is 6. The normalized spacial score (nSPS) is 14.8. The van der Waals surface area contributed by atoms with Crippen LogP contribution < -0.4 is 10.1 Å². The Kier molecular flexibility index (Phi) is 8.07. The molecule has 1 fully saturated rings. The first-order chi connectivity index (χ1) is 18.5. The number of benzene rings is 2. The Balaban J connectivity index is 1.42. The van der Waals surface area contributed by atoms with Gasteiger partial charge in [-0.15, -0.1) is 11.3 Å². The van der Waals surface area contributed by atoms with Crippen LogP contribution in [-0.4, -0.2) is 59.2 Å². The zero-order valence-corrected chi connectivity index (χ0v) is 22.4. The molecule has 8 nitrogen and oxygen atoms in total. The number of amides is 2. The number of halogens is 1. The van der Waals surface area contributed by atoms with Crippen LogP contribution in [0.4, 0.5) is 5.95 Å². The van der Waals surface area contributed by atoms with Gasteiger partial charge in [0.2, 0.25) is 11.9 Å². The number of carbonyl (C=O) groups is 2. The molecule has 0 aliphatic carbocycles. The SMILES string of the molecule is COc1cccc(-n2cc(-c3ccc(Cl)cc3)nc2NC(=O)CN(C[C@H]2CCCO2)C(=O)c2cccs2)c1. The monoisotopic (exact) mass is 550 g/mol. The highest BCUT2D eigenvalue weighted by atomic mass is 35.5. The summed E-state index contributed by atoms with van der Waals surface area (Å²) in [5.74, 6) is 0.452. The number of nitrogens with zero attached hydrogens (tertiary/aromatic N) is 3. The quantitative estimate of drug-likeness (QED) is 0.296. The van der Waals surface area contributed by atoms with Gasteiger partial charge in [0.1, 0.15) is 12.3 Å². The first-order valence-corrected chi connectivity index (χ1v) is 13.5. The Morgan fingerprint density at radius 3 is 2.76 bits per heavy atom. The number of methoxy groups -OCH3 is 1. The summed E-state index contributed by atoms with van der Waals surface area (Å²) in [4.78, 5) is 33.4. The molecular weight excluding hydrogens is 524 g/mol. The molecule has 3 heterocycles. The Bertz CT molecular complexity index is 1400. The number of anilines is 1. The second kappa shape index (κ2) is 11.8. The average Bonchev–Trinajstić information content (AvgIpc) is 3.71. The maximum absolute atomic E-state index is 13.3. The molecule has 1 saturated heterocycles. The molecule has 1 atom stereocenters. The molecule has 196 valence electrons. The van der Waals surface area contributed by atoms with Gasteiger partial charge in [0.25, 0.3) is 5.91 Å². The highest BCUT2D eigenvalue weighted by molar-refractivity contribution is 7.12. The van der Waals surface area contributed by atoms with Crippen molar-refractivity contribution < 1.29 is 19.1 Å². The minimum atomic E-state index is -0.356. The molecule has 38 heavy (non-hydrogen) atoms. The Hall–Kier alpha value is -3.66. The van der Waals surface area contributed by atoms with Crippen LogP contribution in [0.2, 0.25) is 5.02 Å². The summed E-state index contributed by atoms with van der Waals surface area (Å²) in [6, 6.07) is 18.4. The third-order valence-electron chi connectivity index (χ3n) is 6.23. The molecule has 2 amide bonds. The van der Waals surface area contributed by atoms with Crippen molar-refractivity contribution in [3.63, 3.8) is 0 Å². The van der Waals surface area contributed by atoms with Gasteiger partial charge in [-0.2, -0.15) is 0 Å². The molecule has 2 aromatic carbocycles. The first kappa shape index (κ1) is 26.0. The fraction of sp³-hybridized carbons (Fsp3) is 0.250. The summed E-state index contributed by atoms with van der Waals surface area (Å²) in [7, 11) is 1.60. The predicted molar refractivity (Wildman–Crippen MR) is 148 cm³/mol. The standard InChI is InChI=1S/C28H27ClN4O4S/c1-36-22-6-2-5-21(15-22)33-17-24(19-9-11-20(29)12-10-19)30-28(33)31-26(34)18-32(16-23-7-3-13-37-23)27(35)25-8-4-14-38-25/h2,4-6,8-12,14-15,17,23H,3,7,13,16,18H2,1H3,(H,30,31,34)/t23-/m1/s1. The average molecular weight is 551 g/mol. The van der Waals surface area contributed by atoms with Gasteiger partial charge >= 0.3 is 0 Å². The third kappa shape index (κ3) is 6.07. The van der Waals surface area contributed by atoms with Crippen LogP contribution in [0, 0.1) is 0 Å². The van der Waals surface area contributed by atoms with E-state index in [0.29, 0.717) is 40.4 Å². The van der Waals surface area contributed by atoms with E-state index in [4.69, 9.17) is 26.1 Å². The van der Waals surface area contributed by atoms with Crippen molar-refractivity contribution in [1.82, 2.24) is 14.5 Å². The Morgan fingerprint density at radius 2 is 2.05 bits per heavy atom. The second-order valence-corrected chi connectivity index (χ2v) is 10.3. The largest absolute Gasteiger partial charge is 0.497 e. The fourth-order valence-electron chi connectivity index (χ4n) is 4.33. The second-order valence-electron chi connectivity index (χ2n) is 8.87. The van der Waals surface area contributed by atoms with Crippen molar-refractivity contribution in [1.29, 1.82) is 0 Å². The van der Waals surface area contributed by atoms with E-state index in [1.54, 1.807) is 34.8 Å². The maximum Gasteiger partial charge on any atom is 0.264 e. The Morgan fingerprint density at radius 1 is 1.21 bits per heavy atom. The van der Waals surface area contributed by atoms with Crippen LogP contribution in [0.25, 0.3) is 16.9 Å². The topological polar surface area (TPSA) is 85.7 Å². The van der Waals surface area contributed by atoms with Gasteiger partial charge in [-0.1, -0.05) is 35.9 Å². The van der Waals surface area contributed by atoms with E-state index in [-0.39, 0.29) is 24.5 Å². The summed E-state index contributed by atoms with van der Waals surface area (Å²) in [5.41, 5.74) is 2.27. The van der Waals surface area contributed by atoms with Crippen molar-refractivity contribution in [2.75, 3.05) is 32.1 Å². The van der Waals surface area contributed by atoms with Crippen molar-refractivity contribution >= 4 is 40.7 Å². The number of nitrogens with one attached hydrogen (secondary N) is 1. The van der Waals surface area contributed by atoms with Gasteiger partial charge in [0.15, 0.2) is 0 Å². The number of aromatic nitrogens is 2. The van der Waals surface area contributed by atoms with Gasteiger partial charge in [-0.05, 0) is 48.6 Å². The molecule has 2 aromatic heterocycles. The molecule has 4 aromatic rings. The maximum atomic E-state index is 13.3. The van der Waals surface area contributed by atoms with Gasteiger partial charge < -0.3 is 14.4 Å². The number of thiophene rings is 1. The smallest absolute Gasteiger partial charge is 0.264 e. The first-order valence-electron chi connectivity index (χ1n) is 12.2. The molecule has 1 aliphatic heterocycles. The van der Waals surface area contributed by atoms with Crippen LogP contribution in [0.1, 0.15) is 22.5 Å². The van der Waals surface area contributed by atoms with E-state index in [1.165, 1.54) is 11.3 Å². The number of carbonyl (C=O) groups excluding carboxylic acids is 2. The summed E-state index contributed by atoms with van der Waals surface area (Å²) >= 11 is 7.42. The van der Waals surface area contributed by atoms with Crippen LogP contribution >= 0.6 is 22.9 Å². The van der Waals surface area contributed by atoms with Crippen LogP contribution in [-0.2, 0) is 9.53 Å². The van der Waals surface area contributed by atoms with E-state index >= 15 is 0 Å². The highest BCUT2D eigenvalue weighted by Gasteiger charge is 2.26. The number of ether oxygens (including phenoxy) is 2. The minimum Gasteiger partial charge on any atom is -0.497 e. The van der Waals surface area contributed by atoms with Gasteiger partial charge in [-0.3, -0.25) is 19.5 Å². The summed E-state index contributed by atoms with van der Waals surface area (Å²) in [6.07, 6.45) is 3.57. The Labute approximate surface area is 229 Å². The highest BCUT2D eigenvalue weighted by Crippen LogP contribution is 2.27. The molecule has 5 rings (SSSR count). The molecule has 0 saturated carbocycles. The van der Waals surface area contributed by atoms with E-state index in [0.717, 1.165) is 24.1 Å². The summed E-state index contributed by atoms with van der Waals surface area (Å²) < 4.78 is 12.9. The summed E-state index contributed by atoms with van der Waals surface area (Å²) in [5, 5.41) is 5.39. The van der Waals surface area contributed by atoms with Crippen LogP contribution in [0.15, 0.2) is 72.2 Å². The van der Waals surface area contributed by atoms with Crippen molar-refractivity contribution in [2.24, 2.45) is 0 Å². The lowest BCUT2D eigenvalue weighted by molar-refractivity contribution is -0.117. The van der Waals surface area contributed by atoms with E-state index < -0.39 is 0 Å². The van der Waals surface area contributed by atoms with Crippen molar-refractivity contribution in [3.8, 4) is 22.7 Å². The number of hydrogen-bond donors (Lipinski definition) is 1. The van der Waals surface area contributed by atoms with Crippen LogP contribution in [0.3, 0.4) is 0 Å². The van der Waals surface area contributed by atoms with Crippen molar-refractivity contribution in [2.45, 2.75) is 18.9 Å². The molecule has 0 spiro atoms. The van der Waals surface area contributed by atoms with Gasteiger partial charge in [0, 0.05) is 36.0 Å². The molecular formula is C28H27ClN4O4S. The molecule has 1 aliphatic rings. The van der Waals surface area contributed by atoms with E-state index in [2.05, 4.69) is 5.32 Å². The number of rotatable bonds is 9. The minimum absolute atomic E-state index is 0.0815. The molecule has 10 heteroatoms. The number of imidazole rings is 1. The lowest BCUT2D eigenvalue weighted by Crippen LogP contribution is -2.42. The molecule has 1 N–H and O–H groups in total. The molecule has 0 radical (unpaired) electrons. The zero-order valence-electron chi connectivity index (χ0n) is 20.8. The molecule has 0 unspecified atom stereocenters. The predicted octanol–water partition coefficient (Wildman–Crippen LogP) is 5.52. The fourth-order valence-corrected chi connectivity index (χ4v) is 5.15. The lowest BCUT2D eigenvalue weighted by Gasteiger charge is -2.24. The van der Waals surface area contributed by atoms with E-state index in [1.807, 2.05) is 54.0 Å². The van der Waals surface area contributed by atoms with Gasteiger partial charge in [-0.25, -0.2) is 4.98 Å². The van der Waals surface area contributed by atoms with Crippen LogP contribution in [0.5, 0.6) is 5.75 Å². The zero-order chi connectivity index (χ0) is 26.5. The lowest BCUT2D eigenvalue weighted by atomic mass is 10.2. The molecule has 0 bridgehead atoms. The summed E-state index contributed by atoms with van der Waals surface area (Å²) in [6.45, 7) is 0.895. The third-order valence-corrected chi connectivity index (χ3v) is 7.34. The van der Waals surface area contributed by atoms with Gasteiger partial charge in [0.05, 0.1) is 29.5 Å². The van der Waals surface area contributed by atoms with E-state index in [9.17, 15) is 9.59 Å². The van der Waals surface area contributed by atoms with Crippen molar-refractivity contribution in [3.05, 3.63) is 82.1 Å².